The van der Waals surface area contributed by atoms with E-state index >= 15 is 0 Å². The molecule has 2 atom stereocenters. The van der Waals surface area contributed by atoms with Crippen LogP contribution in [0.4, 0.5) is 0 Å². The third kappa shape index (κ3) is 24.3. The molecule has 0 saturated heterocycles. The molecule has 218 valence electrons. The summed E-state index contributed by atoms with van der Waals surface area (Å²) in [6, 6.07) is 0. The summed E-state index contributed by atoms with van der Waals surface area (Å²) in [4.78, 5) is 9.88. The lowest BCUT2D eigenvalue weighted by Gasteiger charge is -2.24. The molecule has 0 spiro atoms. The number of phosphoric acid groups is 1. The lowest BCUT2D eigenvalue weighted by molar-refractivity contribution is -0.870. The topological polar surface area (TPSA) is 99.1 Å². The van der Waals surface area contributed by atoms with Gasteiger partial charge in [0.15, 0.2) is 9.84 Å². The first-order chi connectivity index (χ1) is 16.9. The van der Waals surface area contributed by atoms with Gasteiger partial charge in [-0.2, -0.15) is 0 Å². The van der Waals surface area contributed by atoms with Gasteiger partial charge in [0.2, 0.25) is 0 Å². The number of rotatable bonds is 26. The molecular weight excluding hydrogens is 501 g/mol. The second kappa shape index (κ2) is 20.9. The Morgan fingerprint density at radius 2 is 1.25 bits per heavy atom. The second-order valence-electron chi connectivity index (χ2n) is 11.1. The van der Waals surface area contributed by atoms with E-state index in [-0.39, 0.29) is 31.3 Å². The van der Waals surface area contributed by atoms with Gasteiger partial charge in [0.1, 0.15) is 13.2 Å². The predicted octanol–water partition coefficient (Wildman–Crippen LogP) is 5.98. The number of nitrogens with zero attached hydrogens (tertiary/aromatic N) is 1. The van der Waals surface area contributed by atoms with Crippen molar-refractivity contribution < 1.29 is 36.1 Å². The van der Waals surface area contributed by atoms with Gasteiger partial charge in [-0.15, -0.1) is 0 Å². The Bertz CT molecular complexity index is 668. The van der Waals surface area contributed by atoms with Crippen LogP contribution in [0, 0.1) is 5.92 Å². The summed E-state index contributed by atoms with van der Waals surface area (Å²) >= 11 is 0. The average Bonchev–Trinajstić information content (AvgIpc) is 2.76. The van der Waals surface area contributed by atoms with E-state index in [1.807, 2.05) is 21.1 Å². The highest BCUT2D eigenvalue weighted by Crippen LogP contribution is 2.43. The van der Waals surface area contributed by atoms with Crippen molar-refractivity contribution in [2.75, 3.05) is 66.1 Å². The first kappa shape index (κ1) is 36.0. The molecule has 0 amide bonds. The van der Waals surface area contributed by atoms with Crippen LogP contribution in [-0.2, 0) is 28.2 Å². The molecule has 0 aromatic rings. The maximum atomic E-state index is 12.6. The van der Waals surface area contributed by atoms with Crippen molar-refractivity contribution in [3.63, 3.8) is 0 Å². The number of sulfone groups is 1. The standard InChI is InChI=1S/C26H56NO7PS/c1-6-7-8-9-10-11-12-13-14-15-16-17-18-19-22-36(30,31)25-26(23-32-5)24-34-35(28,29)33-21-20-27(2,3)4/h26H,6-25H2,1-5H3/p+1. The number of hydrogen-bond acceptors (Lipinski definition) is 6. The number of quaternary nitrogens is 1. The van der Waals surface area contributed by atoms with E-state index in [0.717, 1.165) is 19.3 Å². The SMILES string of the molecule is CCCCCCCCCCCCCCCCS(=O)(=O)CC(COC)COP(=O)(O)OCC[N+](C)(C)C. The van der Waals surface area contributed by atoms with E-state index in [1.54, 1.807) is 0 Å². The minimum absolute atomic E-state index is 0.0731. The Hall–Kier alpha value is -0.0200. The lowest BCUT2D eigenvalue weighted by Crippen LogP contribution is -2.37. The van der Waals surface area contributed by atoms with Crippen molar-refractivity contribution in [2.45, 2.75) is 96.8 Å². The summed E-state index contributed by atoms with van der Waals surface area (Å²) in [6.07, 6.45) is 17.1. The van der Waals surface area contributed by atoms with Crippen molar-refractivity contribution in [3.8, 4) is 0 Å². The highest BCUT2D eigenvalue weighted by Gasteiger charge is 2.27. The Morgan fingerprint density at radius 3 is 1.69 bits per heavy atom. The number of likely N-dealkylation sites (N-methyl/N-ethyl adjacent to an activating group) is 1. The van der Waals surface area contributed by atoms with Crippen molar-refractivity contribution in [1.29, 1.82) is 0 Å². The molecule has 0 aliphatic rings. The third-order valence-electron chi connectivity index (χ3n) is 6.19. The van der Waals surface area contributed by atoms with Crippen LogP contribution in [0.2, 0.25) is 0 Å². The van der Waals surface area contributed by atoms with Gasteiger partial charge in [0.05, 0.1) is 45.9 Å². The smallest absolute Gasteiger partial charge is 0.384 e. The van der Waals surface area contributed by atoms with Crippen LogP contribution >= 0.6 is 7.82 Å². The minimum Gasteiger partial charge on any atom is -0.384 e. The summed E-state index contributed by atoms with van der Waals surface area (Å²) in [5.74, 6) is -0.519. The summed E-state index contributed by atoms with van der Waals surface area (Å²) in [6.45, 7) is 2.80. The van der Waals surface area contributed by atoms with Gasteiger partial charge in [-0.25, -0.2) is 13.0 Å². The Balaban J connectivity index is 4.01. The summed E-state index contributed by atoms with van der Waals surface area (Å²) in [7, 11) is -0.211. The van der Waals surface area contributed by atoms with Crippen molar-refractivity contribution in [3.05, 3.63) is 0 Å². The molecular formula is C26H57NO7PS+. The number of unbranched alkanes of at least 4 members (excludes halogenated alkanes) is 13. The predicted molar refractivity (Wildman–Crippen MR) is 149 cm³/mol. The van der Waals surface area contributed by atoms with Gasteiger partial charge >= 0.3 is 7.82 Å². The Labute approximate surface area is 222 Å². The maximum Gasteiger partial charge on any atom is 0.472 e. The zero-order valence-corrected chi connectivity index (χ0v) is 25.6. The zero-order valence-electron chi connectivity index (χ0n) is 23.9. The molecule has 2 unspecified atom stereocenters. The summed E-state index contributed by atoms with van der Waals surface area (Å²) < 4.78 is 53.0. The van der Waals surface area contributed by atoms with E-state index in [9.17, 15) is 17.9 Å². The van der Waals surface area contributed by atoms with Crippen molar-refractivity contribution in [2.24, 2.45) is 5.92 Å². The number of phosphoric ester groups is 1. The number of methoxy groups -OCH3 is 1. The summed E-state index contributed by atoms with van der Waals surface area (Å²) in [5, 5.41) is 0. The fourth-order valence-corrected chi connectivity index (χ4v) is 6.51. The van der Waals surface area contributed by atoms with Crippen LogP contribution in [0.15, 0.2) is 0 Å². The highest BCUT2D eigenvalue weighted by molar-refractivity contribution is 7.91. The molecule has 0 aromatic carbocycles. The molecule has 0 aliphatic carbocycles. The van der Waals surface area contributed by atoms with E-state index in [4.69, 9.17) is 13.8 Å². The van der Waals surface area contributed by atoms with Crippen LogP contribution in [0.5, 0.6) is 0 Å². The largest absolute Gasteiger partial charge is 0.472 e. The molecule has 0 fully saturated rings. The monoisotopic (exact) mass is 558 g/mol. The average molecular weight is 559 g/mol. The van der Waals surface area contributed by atoms with Crippen LogP contribution in [0.25, 0.3) is 0 Å². The molecule has 36 heavy (non-hydrogen) atoms. The van der Waals surface area contributed by atoms with E-state index in [0.29, 0.717) is 17.4 Å². The van der Waals surface area contributed by atoms with Crippen molar-refractivity contribution >= 4 is 17.7 Å². The molecule has 0 saturated carbocycles. The second-order valence-corrected chi connectivity index (χ2v) is 14.8. The molecule has 0 bridgehead atoms. The van der Waals surface area contributed by atoms with Crippen LogP contribution in [0.1, 0.15) is 96.8 Å². The van der Waals surface area contributed by atoms with Crippen LogP contribution < -0.4 is 0 Å². The van der Waals surface area contributed by atoms with Gasteiger partial charge in [-0.05, 0) is 6.42 Å². The van der Waals surface area contributed by atoms with Gasteiger partial charge in [0.25, 0.3) is 0 Å². The fourth-order valence-electron chi connectivity index (χ4n) is 4.01. The van der Waals surface area contributed by atoms with Gasteiger partial charge in [0, 0.05) is 13.0 Å². The fraction of sp³-hybridized carbons (Fsp3) is 1.00. The van der Waals surface area contributed by atoms with E-state index < -0.39 is 23.6 Å². The zero-order chi connectivity index (χ0) is 27.3. The molecule has 0 aliphatic heterocycles. The molecule has 0 heterocycles. The third-order valence-corrected chi connectivity index (χ3v) is 9.06. The first-order valence-electron chi connectivity index (χ1n) is 14.0. The van der Waals surface area contributed by atoms with E-state index in [1.165, 1.54) is 71.3 Å². The van der Waals surface area contributed by atoms with E-state index in [2.05, 4.69) is 6.92 Å². The highest BCUT2D eigenvalue weighted by atomic mass is 32.2. The molecule has 10 heteroatoms. The molecule has 8 nitrogen and oxygen atoms in total. The van der Waals surface area contributed by atoms with Crippen molar-refractivity contribution in [1.82, 2.24) is 0 Å². The number of hydrogen-bond donors (Lipinski definition) is 1. The lowest BCUT2D eigenvalue weighted by atomic mass is 10.0. The van der Waals surface area contributed by atoms with Crippen LogP contribution in [-0.4, -0.2) is 83.9 Å². The maximum absolute atomic E-state index is 12.6. The molecule has 0 aromatic heterocycles. The first-order valence-corrected chi connectivity index (χ1v) is 17.3. The normalized spacial score (nSPS) is 15.2. The minimum atomic E-state index is -4.23. The number of ether oxygens (including phenoxy) is 1. The van der Waals surface area contributed by atoms with Gasteiger partial charge < -0.3 is 14.1 Å². The van der Waals surface area contributed by atoms with Crippen LogP contribution in [0.3, 0.4) is 0 Å². The molecule has 0 rings (SSSR count). The molecule has 1 N–H and O–H groups in total. The quantitative estimate of drug-likeness (QED) is 0.0791. The summed E-state index contributed by atoms with van der Waals surface area (Å²) in [5.41, 5.74) is 0. The van der Waals surface area contributed by atoms with Gasteiger partial charge in [-0.1, -0.05) is 90.4 Å². The van der Waals surface area contributed by atoms with Gasteiger partial charge in [-0.3, -0.25) is 9.05 Å². The Kier molecular flexibility index (Phi) is 20.9. The Morgan fingerprint density at radius 1 is 0.778 bits per heavy atom. The molecule has 0 radical (unpaired) electrons.